The summed E-state index contributed by atoms with van der Waals surface area (Å²) in [5.74, 6) is 0.715. The average molecular weight is 206 g/mol. The highest BCUT2D eigenvalue weighted by Crippen LogP contribution is 2.33. The summed E-state index contributed by atoms with van der Waals surface area (Å²) >= 11 is 0. The van der Waals surface area contributed by atoms with E-state index in [1.807, 2.05) is 24.3 Å². The lowest BCUT2D eigenvalue weighted by Gasteiger charge is -2.24. The van der Waals surface area contributed by atoms with Gasteiger partial charge in [-0.3, -0.25) is 4.79 Å². The fourth-order valence-corrected chi connectivity index (χ4v) is 1.79. The average Bonchev–Trinajstić information content (AvgIpc) is 2.24. The molecule has 0 aromatic heterocycles. The smallest absolute Gasteiger partial charge is 0.180 e. The Hall–Kier alpha value is -1.19. The van der Waals surface area contributed by atoms with Crippen LogP contribution in [0.5, 0.6) is 0 Å². The lowest BCUT2D eigenvalue weighted by atomic mass is 9.79. The topological polar surface area (TPSA) is 46.5 Å². The van der Waals surface area contributed by atoms with Crippen LogP contribution in [0.4, 0.5) is 0 Å². The summed E-state index contributed by atoms with van der Waals surface area (Å²) in [6.07, 6.45) is 0.459. The molecule has 0 radical (unpaired) electrons. The van der Waals surface area contributed by atoms with E-state index in [1.54, 1.807) is 0 Å². The Labute approximate surface area is 88.7 Å². The number of aliphatic hydroxyl groups is 1. The van der Waals surface area contributed by atoms with Gasteiger partial charge in [-0.2, -0.15) is 0 Å². The molecule has 0 heterocycles. The second-order valence-electron chi connectivity index (χ2n) is 3.90. The largest absolute Gasteiger partial charge is 0.364 e. The number of ether oxygens (including phenoxy) is 1. The number of hydrogen-bond donors (Lipinski definition) is 1. The van der Waals surface area contributed by atoms with Crippen molar-refractivity contribution in [3.8, 4) is 0 Å². The van der Waals surface area contributed by atoms with E-state index in [2.05, 4.69) is 0 Å². The van der Waals surface area contributed by atoms with Crippen LogP contribution >= 0.6 is 0 Å². The van der Waals surface area contributed by atoms with Crippen LogP contribution in [-0.4, -0.2) is 18.0 Å². The molecule has 1 aromatic rings. The van der Waals surface area contributed by atoms with Gasteiger partial charge in [-0.1, -0.05) is 24.3 Å². The summed E-state index contributed by atoms with van der Waals surface area (Å²) in [5, 5.41) is 9.40. The van der Waals surface area contributed by atoms with Gasteiger partial charge in [-0.15, -0.1) is 0 Å². The highest BCUT2D eigenvalue weighted by Gasteiger charge is 2.27. The molecule has 1 aromatic carbocycles. The summed E-state index contributed by atoms with van der Waals surface area (Å²) in [4.78, 5) is 10.8. The van der Waals surface area contributed by atoms with E-state index in [-0.39, 0.29) is 0 Å². The summed E-state index contributed by atoms with van der Waals surface area (Å²) in [6, 6.07) is 7.59. The minimum atomic E-state index is -0.859. The van der Waals surface area contributed by atoms with Crippen molar-refractivity contribution in [2.45, 2.75) is 25.0 Å². The first kappa shape index (κ1) is 10.3. The maximum Gasteiger partial charge on any atom is 0.180 e. The summed E-state index contributed by atoms with van der Waals surface area (Å²) in [6.45, 7) is 0. The van der Waals surface area contributed by atoms with Crippen molar-refractivity contribution in [2.75, 3.05) is 7.11 Å². The van der Waals surface area contributed by atoms with E-state index in [9.17, 15) is 9.90 Å². The van der Waals surface area contributed by atoms with Crippen LogP contribution in [0, 0.1) is 0 Å². The number of hydrogen-bond acceptors (Lipinski definition) is 3. The molecule has 0 amide bonds. The van der Waals surface area contributed by atoms with Gasteiger partial charge in [0.2, 0.25) is 0 Å². The van der Waals surface area contributed by atoms with Gasteiger partial charge in [0.25, 0.3) is 0 Å². The molecule has 1 aliphatic rings. The SMILES string of the molecule is CO[C@@H](O)c1ccc(C2CC(=O)C2)cc1. The predicted octanol–water partition coefficient (Wildman–Crippen LogP) is 1.77. The Bertz CT molecular complexity index is 348. The molecular formula is C12H14O3. The quantitative estimate of drug-likeness (QED) is 0.767. The molecule has 1 atom stereocenters. The highest BCUT2D eigenvalue weighted by molar-refractivity contribution is 5.86. The van der Waals surface area contributed by atoms with Crippen molar-refractivity contribution in [3.05, 3.63) is 35.4 Å². The van der Waals surface area contributed by atoms with E-state index in [0.29, 0.717) is 24.5 Å². The van der Waals surface area contributed by atoms with Crippen LogP contribution in [0.15, 0.2) is 24.3 Å². The van der Waals surface area contributed by atoms with Gasteiger partial charge in [0.15, 0.2) is 6.29 Å². The molecule has 1 N–H and O–H groups in total. The van der Waals surface area contributed by atoms with Gasteiger partial charge in [-0.25, -0.2) is 0 Å². The number of rotatable bonds is 3. The minimum absolute atomic E-state index is 0.334. The zero-order valence-electron chi connectivity index (χ0n) is 8.64. The Morgan fingerprint density at radius 1 is 1.33 bits per heavy atom. The van der Waals surface area contributed by atoms with Gasteiger partial charge < -0.3 is 9.84 Å². The molecule has 15 heavy (non-hydrogen) atoms. The van der Waals surface area contributed by atoms with Crippen LogP contribution in [-0.2, 0) is 9.53 Å². The number of Topliss-reactive ketones (excluding diaryl/α,β-unsaturated/α-hetero) is 1. The molecule has 1 aliphatic carbocycles. The summed E-state index contributed by atoms with van der Waals surface area (Å²) in [5.41, 5.74) is 1.91. The third-order valence-corrected chi connectivity index (χ3v) is 2.86. The van der Waals surface area contributed by atoms with Crippen LogP contribution in [0.2, 0.25) is 0 Å². The molecule has 2 rings (SSSR count). The summed E-state index contributed by atoms with van der Waals surface area (Å²) < 4.78 is 4.80. The molecule has 0 aliphatic heterocycles. The van der Waals surface area contributed by atoms with Gasteiger partial charge in [0.05, 0.1) is 0 Å². The standard InChI is InChI=1S/C12H14O3/c1-15-12(14)9-4-2-8(3-5-9)10-6-11(13)7-10/h2-5,10,12,14H,6-7H2,1H3/t12-/m1/s1. The molecule has 3 nitrogen and oxygen atoms in total. The third-order valence-electron chi connectivity index (χ3n) is 2.86. The van der Waals surface area contributed by atoms with E-state index < -0.39 is 6.29 Å². The zero-order valence-corrected chi connectivity index (χ0v) is 8.64. The first-order chi connectivity index (χ1) is 7.20. The molecule has 0 spiro atoms. The number of aliphatic hydroxyl groups excluding tert-OH is 1. The first-order valence-corrected chi connectivity index (χ1v) is 5.03. The van der Waals surface area contributed by atoms with Crippen molar-refractivity contribution in [2.24, 2.45) is 0 Å². The molecule has 1 fully saturated rings. The van der Waals surface area contributed by atoms with Crippen LogP contribution in [0.1, 0.15) is 36.2 Å². The second kappa shape index (κ2) is 4.13. The number of ketones is 1. The van der Waals surface area contributed by atoms with Crippen molar-refractivity contribution in [1.82, 2.24) is 0 Å². The minimum Gasteiger partial charge on any atom is -0.364 e. The monoisotopic (exact) mass is 206 g/mol. The van der Waals surface area contributed by atoms with E-state index in [4.69, 9.17) is 4.74 Å². The number of benzene rings is 1. The zero-order chi connectivity index (χ0) is 10.8. The van der Waals surface area contributed by atoms with E-state index in [0.717, 1.165) is 5.56 Å². The Morgan fingerprint density at radius 3 is 2.40 bits per heavy atom. The third kappa shape index (κ3) is 2.08. The summed E-state index contributed by atoms with van der Waals surface area (Å²) in [7, 11) is 1.46. The fourth-order valence-electron chi connectivity index (χ4n) is 1.79. The molecule has 0 unspecified atom stereocenters. The van der Waals surface area contributed by atoms with Crippen molar-refractivity contribution >= 4 is 5.78 Å². The maximum absolute atomic E-state index is 10.8. The maximum atomic E-state index is 10.8. The fraction of sp³-hybridized carbons (Fsp3) is 0.417. The number of carbonyl (C=O) groups excluding carboxylic acids is 1. The van der Waals surface area contributed by atoms with Gasteiger partial charge >= 0.3 is 0 Å². The van der Waals surface area contributed by atoms with Crippen molar-refractivity contribution < 1.29 is 14.6 Å². The lowest BCUT2D eigenvalue weighted by molar-refractivity contribution is -0.124. The molecule has 0 saturated heterocycles. The molecule has 1 saturated carbocycles. The Balaban J connectivity index is 2.07. The molecular weight excluding hydrogens is 192 g/mol. The van der Waals surface area contributed by atoms with Crippen LogP contribution in [0.3, 0.4) is 0 Å². The van der Waals surface area contributed by atoms with Gasteiger partial charge in [-0.05, 0) is 11.5 Å². The van der Waals surface area contributed by atoms with Crippen molar-refractivity contribution in [1.29, 1.82) is 0 Å². The van der Waals surface area contributed by atoms with E-state index >= 15 is 0 Å². The van der Waals surface area contributed by atoms with Crippen molar-refractivity contribution in [3.63, 3.8) is 0 Å². The van der Waals surface area contributed by atoms with E-state index in [1.165, 1.54) is 12.7 Å². The first-order valence-electron chi connectivity index (χ1n) is 5.03. The highest BCUT2D eigenvalue weighted by atomic mass is 16.6. The number of carbonyl (C=O) groups is 1. The lowest BCUT2D eigenvalue weighted by Crippen LogP contribution is -2.21. The van der Waals surface area contributed by atoms with Gasteiger partial charge in [0.1, 0.15) is 5.78 Å². The van der Waals surface area contributed by atoms with Crippen LogP contribution < -0.4 is 0 Å². The van der Waals surface area contributed by atoms with Crippen LogP contribution in [0.25, 0.3) is 0 Å². The number of methoxy groups -OCH3 is 1. The molecule has 0 bridgehead atoms. The molecule has 80 valence electrons. The predicted molar refractivity (Wildman–Crippen MR) is 55.4 cm³/mol. The molecule has 3 heteroatoms. The normalized spacial score (nSPS) is 18.7. The Morgan fingerprint density at radius 2 is 1.93 bits per heavy atom. The Kier molecular flexibility index (Phi) is 2.84. The second-order valence-corrected chi connectivity index (χ2v) is 3.90. The van der Waals surface area contributed by atoms with Gasteiger partial charge in [0, 0.05) is 25.5 Å².